The molecule has 0 heterocycles. The van der Waals surface area contributed by atoms with Crippen LogP contribution in [0.15, 0.2) is 18.2 Å². The second-order valence-electron chi connectivity index (χ2n) is 5.73. The van der Waals surface area contributed by atoms with E-state index in [4.69, 9.17) is 9.47 Å². The lowest BCUT2D eigenvalue weighted by Gasteiger charge is -2.38. The van der Waals surface area contributed by atoms with Gasteiger partial charge in [0.05, 0.1) is 13.2 Å². The van der Waals surface area contributed by atoms with Crippen molar-refractivity contribution in [2.45, 2.75) is 44.8 Å². The minimum Gasteiger partial charge on any atom is -0.493 e. The van der Waals surface area contributed by atoms with Gasteiger partial charge < -0.3 is 19.9 Å². The molecule has 0 bridgehead atoms. The van der Waals surface area contributed by atoms with E-state index in [1.165, 1.54) is 7.11 Å². The lowest BCUT2D eigenvalue weighted by atomic mass is 9.76. The molecular formula is C16H21NO5. The van der Waals surface area contributed by atoms with Crippen molar-refractivity contribution in [3.05, 3.63) is 23.8 Å². The Morgan fingerprint density at radius 1 is 1.27 bits per heavy atom. The van der Waals surface area contributed by atoms with Crippen LogP contribution in [0.5, 0.6) is 11.5 Å². The van der Waals surface area contributed by atoms with E-state index >= 15 is 0 Å². The molecule has 0 aliphatic heterocycles. The number of methoxy groups -OCH3 is 1. The minimum atomic E-state index is -1.13. The summed E-state index contributed by atoms with van der Waals surface area (Å²) < 4.78 is 10.8. The zero-order chi connectivity index (χ0) is 16.3. The molecule has 6 nitrogen and oxygen atoms in total. The predicted molar refractivity (Wildman–Crippen MR) is 80.4 cm³/mol. The fourth-order valence-electron chi connectivity index (χ4n) is 2.37. The molecule has 22 heavy (non-hydrogen) atoms. The maximum atomic E-state index is 12.3. The van der Waals surface area contributed by atoms with Gasteiger partial charge in [0.2, 0.25) is 0 Å². The molecule has 0 spiro atoms. The molecule has 120 valence electrons. The van der Waals surface area contributed by atoms with Gasteiger partial charge in [-0.15, -0.1) is 0 Å². The molecule has 2 rings (SSSR count). The molecule has 1 aromatic carbocycles. The number of rotatable bonds is 6. The first-order chi connectivity index (χ1) is 10.4. The van der Waals surface area contributed by atoms with Crippen molar-refractivity contribution < 1.29 is 24.2 Å². The molecule has 0 atom stereocenters. The molecule has 0 aromatic heterocycles. The summed E-state index contributed by atoms with van der Waals surface area (Å²) in [4.78, 5) is 23.6. The van der Waals surface area contributed by atoms with Gasteiger partial charge in [-0.3, -0.25) is 4.79 Å². The Morgan fingerprint density at radius 2 is 1.95 bits per heavy atom. The lowest BCUT2D eigenvalue weighted by molar-refractivity contribution is -0.148. The van der Waals surface area contributed by atoms with Crippen molar-refractivity contribution >= 4 is 11.9 Å². The van der Waals surface area contributed by atoms with Gasteiger partial charge in [-0.1, -0.05) is 0 Å². The third-order valence-corrected chi connectivity index (χ3v) is 3.76. The molecule has 0 saturated heterocycles. The van der Waals surface area contributed by atoms with Gasteiger partial charge in [0.1, 0.15) is 5.54 Å². The zero-order valence-corrected chi connectivity index (χ0v) is 13.0. The number of hydrogen-bond acceptors (Lipinski definition) is 4. The topological polar surface area (TPSA) is 84.9 Å². The zero-order valence-electron chi connectivity index (χ0n) is 13.0. The Bertz CT molecular complexity index is 578. The van der Waals surface area contributed by atoms with Gasteiger partial charge >= 0.3 is 5.97 Å². The van der Waals surface area contributed by atoms with E-state index in [1.807, 2.05) is 13.8 Å². The van der Waals surface area contributed by atoms with Gasteiger partial charge in [0.15, 0.2) is 11.5 Å². The number of carboxylic acid groups (broad SMARTS) is 1. The Kier molecular flexibility index (Phi) is 4.59. The predicted octanol–water partition coefficient (Wildman–Crippen LogP) is 2.22. The van der Waals surface area contributed by atoms with Gasteiger partial charge in [0, 0.05) is 5.56 Å². The number of carbonyl (C=O) groups is 2. The highest BCUT2D eigenvalue weighted by Gasteiger charge is 2.45. The number of ether oxygens (including phenoxy) is 2. The van der Waals surface area contributed by atoms with Crippen molar-refractivity contribution in [3.8, 4) is 11.5 Å². The maximum absolute atomic E-state index is 12.3. The molecule has 1 aliphatic rings. The van der Waals surface area contributed by atoms with Crippen LogP contribution in [0.1, 0.15) is 43.5 Å². The monoisotopic (exact) mass is 307 g/mol. The summed E-state index contributed by atoms with van der Waals surface area (Å²) in [5.41, 5.74) is -0.780. The van der Waals surface area contributed by atoms with Crippen molar-refractivity contribution in [2.75, 3.05) is 7.11 Å². The standard InChI is InChI=1S/C16H21NO5/c1-10(2)22-12-6-5-11(9-13(12)21-3)14(18)17-16(15(19)20)7-4-8-16/h5-6,9-10H,4,7-8H2,1-3H3,(H,17,18)(H,19,20). The average Bonchev–Trinajstić information content (AvgIpc) is 2.41. The van der Waals surface area contributed by atoms with Crippen LogP contribution in [-0.4, -0.2) is 35.7 Å². The first-order valence-electron chi connectivity index (χ1n) is 7.28. The molecule has 2 N–H and O–H groups in total. The van der Waals surface area contributed by atoms with Crippen molar-refractivity contribution in [2.24, 2.45) is 0 Å². The van der Waals surface area contributed by atoms with Crippen LogP contribution in [-0.2, 0) is 4.79 Å². The Balaban J connectivity index is 2.18. The molecule has 1 aromatic rings. The normalized spacial score (nSPS) is 15.8. The van der Waals surface area contributed by atoms with Gasteiger partial charge in [-0.05, 0) is 51.3 Å². The highest BCUT2D eigenvalue weighted by atomic mass is 16.5. The molecular weight excluding hydrogens is 286 g/mol. The summed E-state index contributed by atoms with van der Waals surface area (Å²) in [6, 6.07) is 4.81. The van der Waals surface area contributed by atoms with Crippen LogP contribution in [0.25, 0.3) is 0 Å². The number of aliphatic carboxylic acids is 1. The molecule has 0 unspecified atom stereocenters. The van der Waals surface area contributed by atoms with Crippen molar-refractivity contribution in [3.63, 3.8) is 0 Å². The van der Waals surface area contributed by atoms with Gasteiger partial charge in [-0.2, -0.15) is 0 Å². The summed E-state index contributed by atoms with van der Waals surface area (Å²) >= 11 is 0. The summed E-state index contributed by atoms with van der Waals surface area (Å²) in [6.45, 7) is 3.79. The van der Waals surface area contributed by atoms with E-state index in [2.05, 4.69) is 5.32 Å². The van der Waals surface area contributed by atoms with Gasteiger partial charge in [0.25, 0.3) is 5.91 Å². The van der Waals surface area contributed by atoms with Crippen molar-refractivity contribution in [1.29, 1.82) is 0 Å². The first-order valence-corrected chi connectivity index (χ1v) is 7.28. The van der Waals surface area contributed by atoms with Crippen LogP contribution in [0.3, 0.4) is 0 Å². The second-order valence-corrected chi connectivity index (χ2v) is 5.73. The van der Waals surface area contributed by atoms with E-state index in [9.17, 15) is 14.7 Å². The molecule has 1 amide bonds. The Hall–Kier alpha value is -2.24. The SMILES string of the molecule is COc1cc(C(=O)NC2(C(=O)O)CCC2)ccc1OC(C)C. The molecule has 1 saturated carbocycles. The summed E-state index contributed by atoms with van der Waals surface area (Å²) in [7, 11) is 1.49. The van der Waals surface area contributed by atoms with Crippen LogP contribution < -0.4 is 14.8 Å². The number of amides is 1. The second kappa shape index (κ2) is 6.25. The summed E-state index contributed by atoms with van der Waals surface area (Å²) in [5, 5.41) is 11.9. The smallest absolute Gasteiger partial charge is 0.329 e. The van der Waals surface area contributed by atoms with E-state index in [-0.39, 0.29) is 6.10 Å². The van der Waals surface area contributed by atoms with Crippen LogP contribution in [0, 0.1) is 0 Å². The Morgan fingerprint density at radius 3 is 2.41 bits per heavy atom. The van der Waals surface area contributed by atoms with E-state index in [1.54, 1.807) is 18.2 Å². The summed E-state index contributed by atoms with van der Waals surface area (Å²) in [6.07, 6.45) is 1.70. The highest BCUT2D eigenvalue weighted by Crippen LogP contribution is 2.33. The maximum Gasteiger partial charge on any atom is 0.329 e. The van der Waals surface area contributed by atoms with Gasteiger partial charge in [-0.25, -0.2) is 4.79 Å². The fraction of sp³-hybridized carbons (Fsp3) is 0.500. The Labute approximate surface area is 129 Å². The largest absolute Gasteiger partial charge is 0.493 e. The number of carbonyl (C=O) groups excluding carboxylic acids is 1. The molecule has 6 heteroatoms. The number of hydrogen-bond donors (Lipinski definition) is 2. The minimum absolute atomic E-state index is 0.0150. The lowest BCUT2D eigenvalue weighted by Crippen LogP contribution is -2.59. The third kappa shape index (κ3) is 3.16. The highest BCUT2D eigenvalue weighted by molar-refractivity contribution is 5.98. The van der Waals surface area contributed by atoms with E-state index < -0.39 is 17.4 Å². The molecule has 1 fully saturated rings. The molecule has 0 radical (unpaired) electrons. The van der Waals surface area contributed by atoms with E-state index in [0.29, 0.717) is 29.9 Å². The van der Waals surface area contributed by atoms with Crippen LogP contribution in [0.4, 0.5) is 0 Å². The van der Waals surface area contributed by atoms with Crippen LogP contribution in [0.2, 0.25) is 0 Å². The van der Waals surface area contributed by atoms with Crippen molar-refractivity contribution in [1.82, 2.24) is 5.32 Å². The van der Waals surface area contributed by atoms with E-state index in [0.717, 1.165) is 6.42 Å². The third-order valence-electron chi connectivity index (χ3n) is 3.76. The quantitative estimate of drug-likeness (QED) is 0.841. The van der Waals surface area contributed by atoms with Crippen LogP contribution >= 0.6 is 0 Å². The summed E-state index contributed by atoms with van der Waals surface area (Å²) in [5.74, 6) is -0.416. The number of nitrogens with one attached hydrogen (secondary N) is 1. The number of carboxylic acids is 1. The first kappa shape index (κ1) is 16.1. The number of benzene rings is 1. The fourth-order valence-corrected chi connectivity index (χ4v) is 2.37. The molecule has 1 aliphatic carbocycles. The average molecular weight is 307 g/mol.